The molecule has 1 aliphatic carbocycles. The standard InChI is InChI=1S/C26H25F2N3O4S/c27-21-13-20(14-22(28)25(21)18-4-3-17-2-1-9-29-23(17)12-18)36(33,34)30-10-7-26(8-11-30)16-31(19-5-6-19)24(32)15-35-26/h1-4,9,12-14,19H,5-8,10-11,15-16H2. The summed E-state index contributed by atoms with van der Waals surface area (Å²) in [6, 6.07) is 10.5. The first kappa shape index (κ1) is 23.4. The van der Waals surface area contributed by atoms with Gasteiger partial charge in [0.1, 0.15) is 18.2 Å². The number of carbonyl (C=O) groups excluding carboxylic acids is 1. The molecular formula is C26H25F2N3O4S. The molecule has 0 N–H and O–H groups in total. The highest BCUT2D eigenvalue weighted by atomic mass is 32.2. The summed E-state index contributed by atoms with van der Waals surface area (Å²) >= 11 is 0. The van der Waals surface area contributed by atoms with Gasteiger partial charge < -0.3 is 9.64 Å². The molecule has 0 unspecified atom stereocenters. The van der Waals surface area contributed by atoms with Crippen molar-refractivity contribution in [2.45, 2.75) is 42.2 Å². The van der Waals surface area contributed by atoms with Crippen molar-refractivity contribution in [1.82, 2.24) is 14.2 Å². The Balaban J connectivity index is 1.23. The highest BCUT2D eigenvalue weighted by Gasteiger charge is 2.47. The smallest absolute Gasteiger partial charge is 0.248 e. The summed E-state index contributed by atoms with van der Waals surface area (Å²) in [5, 5.41) is 0.829. The molecule has 2 saturated heterocycles. The van der Waals surface area contributed by atoms with E-state index in [4.69, 9.17) is 4.74 Å². The summed E-state index contributed by atoms with van der Waals surface area (Å²) in [6.07, 6.45) is 4.40. The second kappa shape index (κ2) is 8.57. The van der Waals surface area contributed by atoms with Gasteiger partial charge in [0.25, 0.3) is 0 Å². The molecule has 3 heterocycles. The van der Waals surface area contributed by atoms with Crippen LogP contribution in [-0.4, -0.2) is 66.4 Å². The Labute approximate surface area is 207 Å². The Bertz CT molecular complexity index is 1440. The molecule has 188 valence electrons. The molecule has 7 nitrogen and oxygen atoms in total. The molecule has 2 aliphatic heterocycles. The van der Waals surface area contributed by atoms with E-state index in [9.17, 15) is 13.2 Å². The molecule has 1 spiro atoms. The number of morpholine rings is 1. The van der Waals surface area contributed by atoms with Crippen LogP contribution in [0.4, 0.5) is 8.78 Å². The number of ether oxygens (including phenoxy) is 1. The van der Waals surface area contributed by atoms with Crippen LogP contribution in [0.1, 0.15) is 25.7 Å². The van der Waals surface area contributed by atoms with Crippen LogP contribution < -0.4 is 0 Å². The fourth-order valence-corrected chi connectivity index (χ4v) is 6.71. The first-order chi connectivity index (χ1) is 17.3. The largest absolute Gasteiger partial charge is 0.363 e. The molecule has 1 amide bonds. The number of rotatable bonds is 4. The average Bonchev–Trinajstić information content (AvgIpc) is 3.71. The zero-order chi connectivity index (χ0) is 25.1. The third-order valence-corrected chi connectivity index (χ3v) is 9.33. The maximum Gasteiger partial charge on any atom is 0.248 e. The minimum Gasteiger partial charge on any atom is -0.363 e. The number of aromatic nitrogens is 1. The van der Waals surface area contributed by atoms with Gasteiger partial charge in [0.2, 0.25) is 15.9 Å². The van der Waals surface area contributed by atoms with Crippen LogP contribution in [0.2, 0.25) is 0 Å². The molecule has 3 aromatic rings. The highest BCUT2D eigenvalue weighted by molar-refractivity contribution is 7.89. The quantitative estimate of drug-likeness (QED) is 0.531. The second-order valence-corrected chi connectivity index (χ2v) is 11.7. The minimum atomic E-state index is -4.12. The van der Waals surface area contributed by atoms with Crippen molar-refractivity contribution < 1.29 is 26.7 Å². The molecule has 36 heavy (non-hydrogen) atoms. The fourth-order valence-electron chi connectivity index (χ4n) is 5.24. The Morgan fingerprint density at radius 2 is 1.75 bits per heavy atom. The van der Waals surface area contributed by atoms with Crippen molar-refractivity contribution in [2.24, 2.45) is 0 Å². The lowest BCUT2D eigenvalue weighted by Gasteiger charge is -2.46. The van der Waals surface area contributed by atoms with Crippen LogP contribution in [-0.2, 0) is 19.6 Å². The summed E-state index contributed by atoms with van der Waals surface area (Å²) in [6.45, 7) is 0.765. The van der Waals surface area contributed by atoms with Crippen LogP contribution in [0.15, 0.2) is 53.6 Å². The number of fused-ring (bicyclic) bond motifs is 1. The topological polar surface area (TPSA) is 79.8 Å². The van der Waals surface area contributed by atoms with Crippen LogP contribution >= 0.6 is 0 Å². The number of pyridine rings is 1. The first-order valence-electron chi connectivity index (χ1n) is 12.0. The van der Waals surface area contributed by atoms with Crippen molar-refractivity contribution in [1.29, 1.82) is 0 Å². The summed E-state index contributed by atoms with van der Waals surface area (Å²) < 4.78 is 64.0. The van der Waals surface area contributed by atoms with E-state index in [2.05, 4.69) is 4.98 Å². The zero-order valence-electron chi connectivity index (χ0n) is 19.5. The van der Waals surface area contributed by atoms with E-state index in [-0.39, 0.29) is 42.8 Å². The first-order valence-corrected chi connectivity index (χ1v) is 13.5. The molecule has 2 aromatic carbocycles. The maximum absolute atomic E-state index is 15.1. The summed E-state index contributed by atoms with van der Waals surface area (Å²) in [5.41, 5.74) is -0.00376. The van der Waals surface area contributed by atoms with Crippen molar-refractivity contribution in [3.8, 4) is 11.1 Å². The highest BCUT2D eigenvalue weighted by Crippen LogP contribution is 2.38. The molecule has 1 aromatic heterocycles. The fraction of sp³-hybridized carbons (Fsp3) is 0.385. The van der Waals surface area contributed by atoms with Crippen molar-refractivity contribution in [3.05, 3.63) is 60.3 Å². The third kappa shape index (κ3) is 4.07. The second-order valence-electron chi connectivity index (χ2n) is 9.80. The van der Waals surface area contributed by atoms with Gasteiger partial charge in [0.05, 0.1) is 28.1 Å². The molecule has 1 saturated carbocycles. The van der Waals surface area contributed by atoms with Crippen molar-refractivity contribution >= 4 is 26.8 Å². The van der Waals surface area contributed by atoms with Crippen LogP contribution in [0.25, 0.3) is 22.0 Å². The molecule has 10 heteroatoms. The Morgan fingerprint density at radius 3 is 2.44 bits per heavy atom. The number of sulfonamides is 1. The molecular weight excluding hydrogens is 488 g/mol. The van der Waals surface area contributed by atoms with E-state index < -0.39 is 32.2 Å². The lowest BCUT2D eigenvalue weighted by molar-refractivity contribution is -0.170. The van der Waals surface area contributed by atoms with Gasteiger partial charge in [-0.3, -0.25) is 9.78 Å². The van der Waals surface area contributed by atoms with Gasteiger partial charge in [0, 0.05) is 30.7 Å². The summed E-state index contributed by atoms with van der Waals surface area (Å²) in [7, 11) is -4.12. The Hall–Kier alpha value is -2.95. The molecule has 0 atom stereocenters. The maximum atomic E-state index is 15.1. The van der Waals surface area contributed by atoms with Crippen molar-refractivity contribution in [3.63, 3.8) is 0 Å². The van der Waals surface area contributed by atoms with Gasteiger partial charge >= 0.3 is 0 Å². The number of halogens is 2. The number of nitrogens with zero attached hydrogens (tertiary/aromatic N) is 3. The van der Waals surface area contributed by atoms with E-state index in [0.717, 1.165) is 30.4 Å². The number of amides is 1. The number of carbonyl (C=O) groups is 1. The van der Waals surface area contributed by atoms with Gasteiger partial charge in [-0.1, -0.05) is 18.2 Å². The molecule has 0 radical (unpaired) electrons. The van der Waals surface area contributed by atoms with Crippen molar-refractivity contribution in [2.75, 3.05) is 26.2 Å². The SMILES string of the molecule is O=C1COC2(CCN(S(=O)(=O)c3cc(F)c(-c4ccc5cccnc5c4)c(F)c3)CC2)CN1C1CC1. The zero-order valence-corrected chi connectivity index (χ0v) is 20.3. The lowest BCUT2D eigenvalue weighted by Crippen LogP contribution is -2.59. The number of hydrogen-bond donors (Lipinski definition) is 0. The Kier molecular flexibility index (Phi) is 5.58. The van der Waals surface area contributed by atoms with Gasteiger partial charge in [-0.2, -0.15) is 4.31 Å². The van der Waals surface area contributed by atoms with Gasteiger partial charge in [0.15, 0.2) is 0 Å². The minimum absolute atomic E-state index is 0.00538. The predicted molar refractivity (Wildman–Crippen MR) is 129 cm³/mol. The Morgan fingerprint density at radius 1 is 1.03 bits per heavy atom. The van der Waals surface area contributed by atoms with E-state index >= 15 is 8.78 Å². The molecule has 6 rings (SSSR count). The normalized spacial score (nSPS) is 20.8. The lowest BCUT2D eigenvalue weighted by atomic mass is 9.90. The van der Waals surface area contributed by atoms with E-state index in [1.807, 2.05) is 11.0 Å². The number of benzene rings is 2. The third-order valence-electron chi connectivity index (χ3n) is 7.45. The molecule has 3 fully saturated rings. The van der Waals surface area contributed by atoms with Gasteiger partial charge in [-0.15, -0.1) is 0 Å². The van der Waals surface area contributed by atoms with E-state index in [1.165, 1.54) is 4.31 Å². The van der Waals surface area contributed by atoms with Crippen LogP contribution in [0, 0.1) is 11.6 Å². The van der Waals surface area contributed by atoms with Crippen LogP contribution in [0.3, 0.4) is 0 Å². The predicted octanol–water partition coefficient (Wildman–Crippen LogP) is 3.72. The molecule has 0 bridgehead atoms. The van der Waals surface area contributed by atoms with Gasteiger partial charge in [-0.25, -0.2) is 17.2 Å². The van der Waals surface area contributed by atoms with Crippen LogP contribution in [0.5, 0.6) is 0 Å². The monoisotopic (exact) mass is 513 g/mol. The van der Waals surface area contributed by atoms with Gasteiger partial charge in [-0.05, 0) is 55.5 Å². The number of hydrogen-bond acceptors (Lipinski definition) is 5. The summed E-state index contributed by atoms with van der Waals surface area (Å²) in [4.78, 5) is 17.9. The number of piperidine rings is 1. The van der Waals surface area contributed by atoms with E-state index in [1.54, 1.807) is 30.5 Å². The summed E-state index contributed by atoms with van der Waals surface area (Å²) in [5.74, 6) is -1.93. The average molecular weight is 514 g/mol. The molecule has 3 aliphatic rings. The van der Waals surface area contributed by atoms with E-state index in [0.29, 0.717) is 24.9 Å².